The van der Waals surface area contributed by atoms with Gasteiger partial charge in [-0.25, -0.2) is 15.0 Å². The van der Waals surface area contributed by atoms with Gasteiger partial charge in [0.1, 0.15) is 5.82 Å². The molecule has 2 aromatic rings. The molecule has 0 bridgehead atoms. The van der Waals surface area contributed by atoms with Crippen molar-refractivity contribution in [1.29, 1.82) is 0 Å². The smallest absolute Gasteiger partial charge is 0.254 e. The van der Waals surface area contributed by atoms with Crippen molar-refractivity contribution >= 4 is 5.95 Å². The van der Waals surface area contributed by atoms with Gasteiger partial charge < -0.3 is 10.3 Å². The average molecular weight is 380 g/mol. The van der Waals surface area contributed by atoms with Crippen LogP contribution in [0.2, 0.25) is 0 Å². The molecule has 2 aromatic heterocycles. The zero-order valence-corrected chi connectivity index (χ0v) is 16.5. The second-order valence-corrected chi connectivity index (χ2v) is 8.55. The Balaban J connectivity index is 1.28. The minimum atomic E-state index is 0.106. The molecule has 2 fully saturated rings. The standard InChI is InChI=1S/C21H28N6O/c1-2-22-20-23-11-14(12-24-20)13-27-9-7-21(8-10-27)6-5-16-17(21)25-18(15-3-4-15)26-19(16)28/h11-12,15H,2-10,13H2,1H3,(H,22,23,24)(H,25,26,28). The molecule has 148 valence electrons. The molecule has 1 saturated heterocycles. The molecule has 1 spiro atoms. The fourth-order valence-electron chi connectivity index (χ4n) is 4.79. The van der Waals surface area contributed by atoms with E-state index in [1.54, 1.807) is 0 Å². The fraction of sp³-hybridized carbons (Fsp3) is 0.619. The van der Waals surface area contributed by atoms with Gasteiger partial charge in [0, 0.05) is 47.9 Å². The molecule has 28 heavy (non-hydrogen) atoms. The third-order valence-corrected chi connectivity index (χ3v) is 6.61. The highest BCUT2D eigenvalue weighted by Gasteiger charge is 2.44. The number of aromatic amines is 1. The lowest BCUT2D eigenvalue weighted by molar-refractivity contribution is 0.149. The quantitative estimate of drug-likeness (QED) is 0.828. The number of likely N-dealkylation sites (tertiary alicyclic amines) is 1. The Kier molecular flexibility index (Phi) is 4.42. The number of fused-ring (bicyclic) bond motifs is 2. The van der Waals surface area contributed by atoms with E-state index in [1.165, 1.54) is 0 Å². The highest BCUT2D eigenvalue weighted by Crippen LogP contribution is 2.46. The van der Waals surface area contributed by atoms with E-state index in [1.807, 2.05) is 19.3 Å². The second kappa shape index (κ2) is 6.95. The molecule has 3 heterocycles. The SMILES string of the molecule is CCNc1ncc(CN2CCC3(CCc4c3nc(C3CC3)[nH]c4=O)CC2)cn1. The molecule has 2 aliphatic carbocycles. The molecule has 3 aliphatic rings. The predicted octanol–water partition coefficient (Wildman–Crippen LogP) is 2.35. The summed E-state index contributed by atoms with van der Waals surface area (Å²) >= 11 is 0. The molecule has 7 heteroatoms. The van der Waals surface area contributed by atoms with E-state index in [0.717, 1.165) is 87.3 Å². The van der Waals surface area contributed by atoms with Crippen molar-refractivity contribution in [3.8, 4) is 0 Å². The molecule has 1 aliphatic heterocycles. The van der Waals surface area contributed by atoms with Gasteiger partial charge in [0.25, 0.3) is 5.56 Å². The van der Waals surface area contributed by atoms with Gasteiger partial charge in [0.05, 0.1) is 5.69 Å². The van der Waals surface area contributed by atoms with Crippen molar-refractivity contribution in [2.24, 2.45) is 0 Å². The van der Waals surface area contributed by atoms with Crippen LogP contribution in [0, 0.1) is 0 Å². The third-order valence-electron chi connectivity index (χ3n) is 6.61. The summed E-state index contributed by atoms with van der Waals surface area (Å²) < 4.78 is 0. The van der Waals surface area contributed by atoms with Crippen LogP contribution in [0.1, 0.15) is 67.6 Å². The van der Waals surface area contributed by atoms with Crippen LogP contribution in [-0.4, -0.2) is 44.5 Å². The molecule has 0 radical (unpaired) electrons. The molecule has 0 amide bonds. The Morgan fingerprint density at radius 2 is 1.96 bits per heavy atom. The molecular formula is C21H28N6O. The van der Waals surface area contributed by atoms with Gasteiger partial charge >= 0.3 is 0 Å². The minimum absolute atomic E-state index is 0.106. The maximum absolute atomic E-state index is 12.5. The van der Waals surface area contributed by atoms with Crippen LogP contribution in [0.15, 0.2) is 17.2 Å². The Bertz CT molecular complexity index is 909. The van der Waals surface area contributed by atoms with E-state index >= 15 is 0 Å². The molecule has 0 atom stereocenters. The van der Waals surface area contributed by atoms with Crippen molar-refractivity contribution in [1.82, 2.24) is 24.8 Å². The van der Waals surface area contributed by atoms with Crippen LogP contribution in [0.25, 0.3) is 0 Å². The van der Waals surface area contributed by atoms with Crippen LogP contribution >= 0.6 is 0 Å². The summed E-state index contributed by atoms with van der Waals surface area (Å²) in [5.41, 5.74) is 3.44. The summed E-state index contributed by atoms with van der Waals surface area (Å²) in [6, 6.07) is 0. The van der Waals surface area contributed by atoms with Gasteiger partial charge in [-0.2, -0.15) is 0 Å². The maximum Gasteiger partial charge on any atom is 0.254 e. The third kappa shape index (κ3) is 3.21. The Morgan fingerprint density at radius 3 is 2.64 bits per heavy atom. The predicted molar refractivity (Wildman–Crippen MR) is 108 cm³/mol. The van der Waals surface area contributed by atoms with Crippen LogP contribution in [-0.2, 0) is 18.4 Å². The van der Waals surface area contributed by atoms with E-state index in [-0.39, 0.29) is 11.0 Å². The molecule has 7 nitrogen and oxygen atoms in total. The number of hydrogen-bond donors (Lipinski definition) is 2. The van der Waals surface area contributed by atoms with Crippen molar-refractivity contribution < 1.29 is 0 Å². The maximum atomic E-state index is 12.5. The van der Waals surface area contributed by atoms with E-state index in [9.17, 15) is 4.79 Å². The van der Waals surface area contributed by atoms with E-state index in [2.05, 4.69) is 25.2 Å². The summed E-state index contributed by atoms with van der Waals surface area (Å²) in [4.78, 5) is 31.8. The molecule has 2 N–H and O–H groups in total. The first kappa shape index (κ1) is 17.8. The van der Waals surface area contributed by atoms with Crippen molar-refractivity contribution in [2.45, 2.75) is 63.3 Å². The largest absolute Gasteiger partial charge is 0.355 e. The monoisotopic (exact) mass is 380 g/mol. The summed E-state index contributed by atoms with van der Waals surface area (Å²) in [6.45, 7) is 5.81. The van der Waals surface area contributed by atoms with E-state index in [4.69, 9.17) is 4.98 Å². The summed E-state index contributed by atoms with van der Waals surface area (Å²) in [7, 11) is 0. The number of piperidine rings is 1. The number of nitrogens with zero attached hydrogens (tertiary/aromatic N) is 4. The van der Waals surface area contributed by atoms with Gasteiger partial charge in [0.2, 0.25) is 5.95 Å². The van der Waals surface area contributed by atoms with Gasteiger partial charge in [-0.15, -0.1) is 0 Å². The Labute approximate surface area is 165 Å². The van der Waals surface area contributed by atoms with Crippen LogP contribution in [0.5, 0.6) is 0 Å². The van der Waals surface area contributed by atoms with Crippen LogP contribution in [0.3, 0.4) is 0 Å². The summed E-state index contributed by atoms with van der Waals surface area (Å²) in [5, 5.41) is 3.13. The minimum Gasteiger partial charge on any atom is -0.355 e. The van der Waals surface area contributed by atoms with Gasteiger partial charge in [-0.1, -0.05) is 0 Å². The van der Waals surface area contributed by atoms with E-state index < -0.39 is 0 Å². The zero-order valence-electron chi connectivity index (χ0n) is 16.5. The van der Waals surface area contributed by atoms with Crippen molar-refractivity contribution in [2.75, 3.05) is 25.0 Å². The lowest BCUT2D eigenvalue weighted by Gasteiger charge is -2.39. The van der Waals surface area contributed by atoms with E-state index in [0.29, 0.717) is 11.9 Å². The van der Waals surface area contributed by atoms with Crippen molar-refractivity contribution in [3.05, 3.63) is 45.4 Å². The topological polar surface area (TPSA) is 86.8 Å². The first-order valence-electron chi connectivity index (χ1n) is 10.6. The highest BCUT2D eigenvalue weighted by molar-refractivity contribution is 5.34. The molecule has 5 rings (SSSR count). The Hall–Kier alpha value is -2.28. The molecule has 0 aromatic carbocycles. The zero-order chi connectivity index (χ0) is 19.1. The van der Waals surface area contributed by atoms with Gasteiger partial charge in [-0.3, -0.25) is 9.69 Å². The molecule has 0 unspecified atom stereocenters. The van der Waals surface area contributed by atoms with Gasteiger partial charge in [0.15, 0.2) is 0 Å². The number of nitrogens with one attached hydrogen (secondary N) is 2. The molecular weight excluding hydrogens is 352 g/mol. The summed E-state index contributed by atoms with van der Waals surface area (Å²) in [6.07, 6.45) is 10.3. The first-order valence-corrected chi connectivity index (χ1v) is 10.6. The summed E-state index contributed by atoms with van der Waals surface area (Å²) in [5.74, 6) is 2.11. The van der Waals surface area contributed by atoms with Crippen LogP contribution < -0.4 is 10.9 Å². The Morgan fingerprint density at radius 1 is 1.21 bits per heavy atom. The number of rotatable bonds is 5. The van der Waals surface area contributed by atoms with Gasteiger partial charge in [-0.05, 0) is 58.5 Å². The molecule has 1 saturated carbocycles. The fourth-order valence-corrected chi connectivity index (χ4v) is 4.79. The second-order valence-electron chi connectivity index (χ2n) is 8.55. The number of hydrogen-bond acceptors (Lipinski definition) is 6. The number of anilines is 1. The lowest BCUT2D eigenvalue weighted by atomic mass is 9.76. The van der Waals surface area contributed by atoms with Crippen LogP contribution in [0.4, 0.5) is 5.95 Å². The lowest BCUT2D eigenvalue weighted by Crippen LogP contribution is -2.42. The number of H-pyrrole nitrogens is 1. The first-order chi connectivity index (χ1) is 13.7. The normalized spacial score (nSPS) is 21.0. The van der Waals surface area contributed by atoms with Crippen molar-refractivity contribution in [3.63, 3.8) is 0 Å². The average Bonchev–Trinajstić information content (AvgIpc) is 3.50. The number of aromatic nitrogens is 4. The highest BCUT2D eigenvalue weighted by atomic mass is 16.1.